The van der Waals surface area contributed by atoms with Crippen molar-refractivity contribution in [3.05, 3.63) is 35.4 Å². The maximum absolute atomic E-state index is 12.7. The van der Waals surface area contributed by atoms with Gasteiger partial charge in [-0.05, 0) is 42.5 Å². The number of nitrogens with zero attached hydrogens (tertiary/aromatic N) is 2. The molecule has 1 saturated heterocycles. The average molecular weight is 386 g/mol. The number of carbonyl (C=O) groups excluding carboxylic acids is 1. The van der Waals surface area contributed by atoms with Crippen molar-refractivity contribution >= 4 is 5.91 Å². The van der Waals surface area contributed by atoms with E-state index in [0.29, 0.717) is 6.54 Å². The highest BCUT2D eigenvalue weighted by molar-refractivity contribution is 5.94. The normalized spacial score (nSPS) is 18.4. The largest absolute Gasteiger partial charge is 0.416 e. The molecule has 1 atom stereocenters. The van der Waals surface area contributed by atoms with Gasteiger partial charge in [0.25, 0.3) is 5.91 Å². The molecule has 1 aliphatic heterocycles. The van der Waals surface area contributed by atoms with Gasteiger partial charge in [-0.2, -0.15) is 13.2 Å². The topological polar surface area (TPSA) is 43.8 Å². The van der Waals surface area contributed by atoms with E-state index >= 15 is 0 Å². The molecule has 7 heteroatoms. The van der Waals surface area contributed by atoms with E-state index in [1.165, 1.54) is 12.1 Å². The number of halogens is 3. The SMILES string of the molecule is CN(C(=O)c1ccc(C(F)(F)F)cc1)C1CCN(CC(O)C(C)(C)C)CC1. The minimum absolute atomic E-state index is 0.0443. The van der Waals surface area contributed by atoms with E-state index in [4.69, 9.17) is 0 Å². The Kier molecular flexibility index (Phi) is 6.58. The van der Waals surface area contributed by atoms with Gasteiger partial charge in [0.05, 0.1) is 11.7 Å². The zero-order chi connectivity index (χ0) is 20.4. The Morgan fingerprint density at radius 3 is 2.15 bits per heavy atom. The van der Waals surface area contributed by atoms with Crippen LogP contribution >= 0.6 is 0 Å². The molecule has 2 rings (SSSR count). The molecule has 27 heavy (non-hydrogen) atoms. The zero-order valence-corrected chi connectivity index (χ0v) is 16.4. The summed E-state index contributed by atoms with van der Waals surface area (Å²) in [5.41, 5.74) is -0.671. The van der Waals surface area contributed by atoms with Crippen LogP contribution in [0, 0.1) is 5.41 Å². The molecule has 1 aromatic rings. The molecule has 1 amide bonds. The molecular formula is C20H29F3N2O2. The molecule has 1 aromatic carbocycles. The molecule has 0 aliphatic carbocycles. The molecule has 4 nitrogen and oxygen atoms in total. The lowest BCUT2D eigenvalue weighted by Crippen LogP contribution is -2.48. The Morgan fingerprint density at radius 1 is 1.19 bits per heavy atom. The lowest BCUT2D eigenvalue weighted by Gasteiger charge is -2.39. The number of aliphatic hydroxyl groups is 1. The number of hydrogen-bond donors (Lipinski definition) is 1. The van der Waals surface area contributed by atoms with Crippen molar-refractivity contribution in [1.29, 1.82) is 0 Å². The highest BCUT2D eigenvalue weighted by atomic mass is 19.4. The van der Waals surface area contributed by atoms with Gasteiger partial charge in [-0.15, -0.1) is 0 Å². The minimum Gasteiger partial charge on any atom is -0.391 e. The molecule has 0 radical (unpaired) electrons. The molecule has 1 heterocycles. The van der Waals surface area contributed by atoms with Gasteiger partial charge >= 0.3 is 6.18 Å². The highest BCUT2D eigenvalue weighted by Gasteiger charge is 2.32. The van der Waals surface area contributed by atoms with Crippen molar-refractivity contribution in [2.24, 2.45) is 5.41 Å². The number of carbonyl (C=O) groups is 1. The number of likely N-dealkylation sites (tertiary alicyclic amines) is 1. The van der Waals surface area contributed by atoms with Crippen molar-refractivity contribution in [2.45, 2.75) is 51.9 Å². The molecule has 0 bridgehead atoms. The first-order valence-corrected chi connectivity index (χ1v) is 9.24. The fourth-order valence-electron chi connectivity index (χ4n) is 3.18. The molecule has 1 fully saturated rings. The second-order valence-electron chi connectivity index (χ2n) is 8.40. The zero-order valence-electron chi connectivity index (χ0n) is 16.4. The molecule has 152 valence electrons. The molecule has 1 aliphatic rings. The van der Waals surface area contributed by atoms with E-state index in [-0.39, 0.29) is 22.9 Å². The Morgan fingerprint density at radius 2 is 1.70 bits per heavy atom. The predicted molar refractivity (Wildman–Crippen MR) is 98.5 cm³/mol. The molecule has 1 unspecified atom stereocenters. The third kappa shape index (κ3) is 5.69. The first kappa shape index (κ1) is 21.7. The molecular weight excluding hydrogens is 357 g/mol. The molecule has 1 N–H and O–H groups in total. The molecule has 0 spiro atoms. The van der Waals surface area contributed by atoms with Crippen LogP contribution in [0.1, 0.15) is 49.5 Å². The lowest BCUT2D eigenvalue weighted by atomic mass is 9.88. The number of β-amino-alcohol motifs (C(OH)–C–C–N with tert-alkyl or cyclic N) is 1. The monoisotopic (exact) mass is 386 g/mol. The maximum Gasteiger partial charge on any atom is 0.416 e. The van der Waals surface area contributed by atoms with Crippen LogP contribution in [0.25, 0.3) is 0 Å². The Balaban J connectivity index is 1.91. The van der Waals surface area contributed by atoms with Crippen LogP contribution in [0.4, 0.5) is 13.2 Å². The average Bonchev–Trinajstić information content (AvgIpc) is 2.59. The van der Waals surface area contributed by atoms with Gasteiger partial charge in [0.15, 0.2) is 0 Å². The van der Waals surface area contributed by atoms with Crippen LogP contribution in [0.15, 0.2) is 24.3 Å². The number of aliphatic hydroxyl groups excluding tert-OH is 1. The van der Waals surface area contributed by atoms with Crippen molar-refractivity contribution in [3.8, 4) is 0 Å². The van der Waals surface area contributed by atoms with E-state index in [0.717, 1.165) is 38.1 Å². The van der Waals surface area contributed by atoms with Crippen LogP contribution in [-0.4, -0.2) is 59.6 Å². The fourth-order valence-corrected chi connectivity index (χ4v) is 3.18. The van der Waals surface area contributed by atoms with Crippen molar-refractivity contribution < 1.29 is 23.1 Å². The third-order valence-electron chi connectivity index (χ3n) is 5.32. The van der Waals surface area contributed by atoms with E-state index < -0.39 is 17.8 Å². The summed E-state index contributed by atoms with van der Waals surface area (Å²) in [4.78, 5) is 16.4. The Bertz CT molecular complexity index is 630. The third-order valence-corrected chi connectivity index (χ3v) is 5.32. The van der Waals surface area contributed by atoms with E-state index in [2.05, 4.69) is 4.90 Å². The maximum atomic E-state index is 12.7. The summed E-state index contributed by atoms with van der Waals surface area (Å²) in [7, 11) is 1.70. The first-order chi connectivity index (χ1) is 12.4. The summed E-state index contributed by atoms with van der Waals surface area (Å²) >= 11 is 0. The van der Waals surface area contributed by atoms with Crippen molar-refractivity contribution in [3.63, 3.8) is 0 Å². The van der Waals surface area contributed by atoms with Crippen molar-refractivity contribution in [1.82, 2.24) is 9.80 Å². The number of rotatable bonds is 4. The summed E-state index contributed by atoms with van der Waals surface area (Å²) in [6.45, 7) is 8.17. The van der Waals surface area contributed by atoms with Crippen molar-refractivity contribution in [2.75, 3.05) is 26.7 Å². The van der Waals surface area contributed by atoms with Crippen LogP contribution in [0.5, 0.6) is 0 Å². The number of piperidine rings is 1. The number of alkyl halides is 3. The van der Waals surface area contributed by atoms with Gasteiger partial charge in [-0.1, -0.05) is 20.8 Å². The summed E-state index contributed by atoms with van der Waals surface area (Å²) < 4.78 is 38.0. The van der Waals surface area contributed by atoms with Crippen LogP contribution < -0.4 is 0 Å². The summed E-state index contributed by atoms with van der Waals surface area (Å²) in [5.74, 6) is -0.267. The number of benzene rings is 1. The summed E-state index contributed by atoms with van der Waals surface area (Å²) in [6, 6.07) is 4.39. The van der Waals surface area contributed by atoms with Gasteiger partial charge in [0, 0.05) is 38.3 Å². The summed E-state index contributed by atoms with van der Waals surface area (Å²) in [6.07, 6.45) is -3.27. The van der Waals surface area contributed by atoms with E-state index in [1.807, 2.05) is 20.8 Å². The fraction of sp³-hybridized carbons (Fsp3) is 0.650. The van der Waals surface area contributed by atoms with Gasteiger partial charge in [0.2, 0.25) is 0 Å². The van der Waals surface area contributed by atoms with Crippen LogP contribution in [0.2, 0.25) is 0 Å². The predicted octanol–water partition coefficient (Wildman–Crippen LogP) is 3.65. The van der Waals surface area contributed by atoms with E-state index in [9.17, 15) is 23.1 Å². The van der Waals surface area contributed by atoms with E-state index in [1.54, 1.807) is 11.9 Å². The second kappa shape index (κ2) is 8.19. The number of hydrogen-bond acceptors (Lipinski definition) is 3. The molecule has 0 saturated carbocycles. The standard InChI is InChI=1S/C20H29F3N2O2/c1-19(2,3)17(26)13-25-11-9-16(10-12-25)24(4)18(27)14-5-7-15(8-6-14)20(21,22)23/h5-8,16-17,26H,9-13H2,1-4H3. The van der Waals surface area contributed by atoms with Gasteiger partial charge < -0.3 is 14.9 Å². The number of amides is 1. The smallest absolute Gasteiger partial charge is 0.391 e. The minimum atomic E-state index is -4.40. The van der Waals surface area contributed by atoms with Crippen LogP contribution in [0.3, 0.4) is 0 Å². The Hall–Kier alpha value is -1.60. The Labute approximate surface area is 159 Å². The van der Waals surface area contributed by atoms with Gasteiger partial charge in [-0.3, -0.25) is 4.79 Å². The lowest BCUT2D eigenvalue weighted by molar-refractivity contribution is -0.137. The van der Waals surface area contributed by atoms with Crippen LogP contribution in [-0.2, 0) is 6.18 Å². The second-order valence-corrected chi connectivity index (χ2v) is 8.40. The quantitative estimate of drug-likeness (QED) is 0.859. The van der Waals surface area contributed by atoms with Gasteiger partial charge in [0.1, 0.15) is 0 Å². The van der Waals surface area contributed by atoms with Gasteiger partial charge in [-0.25, -0.2) is 0 Å². The molecule has 0 aromatic heterocycles. The summed E-state index contributed by atoms with van der Waals surface area (Å²) in [5, 5.41) is 10.2. The first-order valence-electron chi connectivity index (χ1n) is 9.24. The highest BCUT2D eigenvalue weighted by Crippen LogP contribution is 2.29.